The van der Waals surface area contributed by atoms with Crippen molar-refractivity contribution in [1.82, 2.24) is 0 Å². The van der Waals surface area contributed by atoms with Crippen molar-refractivity contribution in [1.29, 1.82) is 10.5 Å². The molecule has 0 aliphatic heterocycles. The molecule has 1 aliphatic carbocycles. The topological polar surface area (TPSA) is 132 Å². The van der Waals surface area contributed by atoms with Crippen LogP contribution >= 0.6 is 11.3 Å². The van der Waals surface area contributed by atoms with Gasteiger partial charge in [0, 0.05) is 10.6 Å². The number of esters is 1. The van der Waals surface area contributed by atoms with E-state index >= 15 is 0 Å². The fourth-order valence-corrected chi connectivity index (χ4v) is 4.55. The first kappa shape index (κ1) is 22.0. The van der Waals surface area contributed by atoms with Crippen molar-refractivity contribution in [3.63, 3.8) is 0 Å². The molecule has 0 unspecified atom stereocenters. The number of carbonyl (C=O) groups is 3. The number of aryl methyl sites for hydroxylation is 1. The Morgan fingerprint density at radius 2 is 1.74 bits per heavy atom. The first-order valence-corrected chi connectivity index (χ1v) is 10.6. The normalized spacial score (nSPS) is 12.5. The lowest BCUT2D eigenvalue weighted by Gasteiger charge is -2.07. The van der Waals surface area contributed by atoms with Crippen LogP contribution in [0.15, 0.2) is 24.3 Å². The number of rotatable bonds is 6. The highest BCUT2D eigenvalue weighted by Gasteiger charge is 2.21. The molecule has 2 N–H and O–H groups in total. The van der Waals surface area contributed by atoms with Gasteiger partial charge in [-0.1, -0.05) is 6.42 Å². The van der Waals surface area contributed by atoms with Gasteiger partial charge < -0.3 is 15.4 Å². The maximum absolute atomic E-state index is 12.3. The number of nitrogens with zero attached hydrogens (tertiary/aromatic N) is 2. The van der Waals surface area contributed by atoms with E-state index in [4.69, 9.17) is 10.00 Å². The molecular weight excluding hydrogens is 416 g/mol. The van der Waals surface area contributed by atoms with Crippen molar-refractivity contribution >= 4 is 39.8 Å². The fourth-order valence-electron chi connectivity index (χ4n) is 3.29. The third kappa shape index (κ3) is 5.68. The standard InChI is InChI=1S/C22H20N4O4S/c23-11-10-19(27)25-15-8-6-14(7-9-15)22(29)30-13-20(28)26-21-17(12-24)16-4-2-1-3-5-18(16)31-21/h6-9H,1-5,10,13H2,(H,25,27)(H,26,28). The van der Waals surface area contributed by atoms with Crippen LogP contribution in [0.4, 0.5) is 10.7 Å². The highest BCUT2D eigenvalue weighted by atomic mass is 32.1. The molecule has 0 fully saturated rings. The summed E-state index contributed by atoms with van der Waals surface area (Å²) in [7, 11) is 0. The van der Waals surface area contributed by atoms with E-state index < -0.39 is 24.4 Å². The Labute approximate surface area is 183 Å². The first-order valence-electron chi connectivity index (χ1n) is 9.80. The van der Waals surface area contributed by atoms with Gasteiger partial charge in [-0.25, -0.2) is 4.79 Å². The van der Waals surface area contributed by atoms with Crippen LogP contribution in [0.1, 0.15) is 52.0 Å². The van der Waals surface area contributed by atoms with E-state index in [1.165, 1.54) is 35.6 Å². The van der Waals surface area contributed by atoms with Gasteiger partial charge in [-0.3, -0.25) is 9.59 Å². The van der Waals surface area contributed by atoms with Gasteiger partial charge in [-0.2, -0.15) is 10.5 Å². The molecule has 158 valence electrons. The van der Waals surface area contributed by atoms with Crippen LogP contribution < -0.4 is 10.6 Å². The summed E-state index contributed by atoms with van der Waals surface area (Å²) in [5.41, 5.74) is 2.19. The molecule has 1 aromatic carbocycles. The second-order valence-corrected chi connectivity index (χ2v) is 8.07. The van der Waals surface area contributed by atoms with E-state index in [0.717, 1.165) is 42.5 Å². The van der Waals surface area contributed by atoms with Gasteiger partial charge in [0.15, 0.2) is 6.61 Å². The Morgan fingerprint density at radius 1 is 1.00 bits per heavy atom. The first-order chi connectivity index (χ1) is 15.0. The minimum atomic E-state index is -0.687. The molecule has 0 radical (unpaired) electrons. The molecule has 9 heteroatoms. The van der Waals surface area contributed by atoms with Crippen molar-refractivity contribution in [2.75, 3.05) is 17.2 Å². The lowest BCUT2D eigenvalue weighted by Crippen LogP contribution is -2.21. The van der Waals surface area contributed by atoms with E-state index in [-0.39, 0.29) is 12.0 Å². The van der Waals surface area contributed by atoms with Crippen molar-refractivity contribution in [3.8, 4) is 12.1 Å². The van der Waals surface area contributed by atoms with E-state index in [1.54, 1.807) is 6.07 Å². The number of ether oxygens (including phenoxy) is 1. The fraction of sp³-hybridized carbons (Fsp3) is 0.318. The number of fused-ring (bicyclic) bond motifs is 1. The number of nitrogens with one attached hydrogen (secondary N) is 2. The summed E-state index contributed by atoms with van der Waals surface area (Å²) in [6.45, 7) is -0.479. The number of carbonyl (C=O) groups excluding carboxylic acids is 3. The van der Waals surface area contributed by atoms with Crippen LogP contribution in [0, 0.1) is 22.7 Å². The molecule has 1 aliphatic rings. The predicted octanol–water partition coefficient (Wildman–Crippen LogP) is 3.54. The number of hydrogen-bond donors (Lipinski definition) is 2. The third-order valence-electron chi connectivity index (χ3n) is 4.76. The summed E-state index contributed by atoms with van der Waals surface area (Å²) >= 11 is 1.42. The predicted molar refractivity (Wildman–Crippen MR) is 115 cm³/mol. The highest BCUT2D eigenvalue weighted by Crippen LogP contribution is 2.36. The van der Waals surface area contributed by atoms with Crippen LogP contribution in [-0.4, -0.2) is 24.4 Å². The Morgan fingerprint density at radius 3 is 2.45 bits per heavy atom. The average molecular weight is 436 g/mol. The van der Waals surface area contributed by atoms with Crippen LogP contribution in [0.5, 0.6) is 0 Å². The summed E-state index contributed by atoms with van der Waals surface area (Å²) in [5.74, 6) is -1.65. The second-order valence-electron chi connectivity index (χ2n) is 6.97. The number of hydrogen-bond acceptors (Lipinski definition) is 7. The van der Waals surface area contributed by atoms with Gasteiger partial charge in [-0.05, 0) is 55.5 Å². The van der Waals surface area contributed by atoms with Crippen molar-refractivity contribution in [3.05, 3.63) is 45.8 Å². The molecule has 2 amide bonds. The zero-order valence-electron chi connectivity index (χ0n) is 16.7. The summed E-state index contributed by atoms with van der Waals surface area (Å²) < 4.78 is 5.06. The molecule has 0 saturated heterocycles. The van der Waals surface area contributed by atoms with Crippen LogP contribution in [0.3, 0.4) is 0 Å². The number of amides is 2. The molecule has 0 spiro atoms. The van der Waals surface area contributed by atoms with Gasteiger partial charge in [0.05, 0.1) is 17.2 Å². The molecule has 0 atom stereocenters. The Balaban J connectivity index is 1.55. The summed E-state index contributed by atoms with van der Waals surface area (Å²) in [6, 6.07) is 9.85. The number of nitriles is 2. The molecule has 0 saturated carbocycles. The molecule has 1 heterocycles. The maximum Gasteiger partial charge on any atom is 0.338 e. The quantitative estimate of drug-likeness (QED) is 0.526. The summed E-state index contributed by atoms with van der Waals surface area (Å²) in [5, 5.41) is 23.7. The highest BCUT2D eigenvalue weighted by molar-refractivity contribution is 7.16. The molecular formula is C22H20N4O4S. The molecule has 31 heavy (non-hydrogen) atoms. The smallest absolute Gasteiger partial charge is 0.338 e. The molecule has 2 aromatic rings. The average Bonchev–Trinajstić information content (AvgIpc) is 2.91. The third-order valence-corrected chi connectivity index (χ3v) is 5.97. The summed E-state index contributed by atoms with van der Waals surface area (Å²) in [4.78, 5) is 37.0. The molecule has 0 bridgehead atoms. The van der Waals surface area contributed by atoms with E-state index in [2.05, 4.69) is 16.7 Å². The zero-order valence-corrected chi connectivity index (χ0v) is 17.5. The van der Waals surface area contributed by atoms with Crippen molar-refractivity contribution < 1.29 is 19.1 Å². The molecule has 1 aromatic heterocycles. The van der Waals surface area contributed by atoms with Crippen LogP contribution in [0.2, 0.25) is 0 Å². The number of benzene rings is 1. The summed E-state index contributed by atoms with van der Waals surface area (Å²) in [6.07, 6.45) is 4.73. The lowest BCUT2D eigenvalue weighted by molar-refractivity contribution is -0.119. The van der Waals surface area contributed by atoms with Gasteiger partial charge in [0.2, 0.25) is 5.91 Å². The van der Waals surface area contributed by atoms with Crippen LogP contribution in [-0.2, 0) is 27.2 Å². The van der Waals surface area contributed by atoms with E-state index in [9.17, 15) is 19.6 Å². The minimum absolute atomic E-state index is 0.214. The lowest BCUT2D eigenvalue weighted by atomic mass is 10.1. The molecule has 8 nitrogen and oxygen atoms in total. The van der Waals surface area contributed by atoms with Crippen molar-refractivity contribution in [2.24, 2.45) is 0 Å². The van der Waals surface area contributed by atoms with Gasteiger partial charge in [-0.15, -0.1) is 11.3 Å². The monoisotopic (exact) mass is 436 g/mol. The second kappa shape index (κ2) is 10.4. The van der Waals surface area contributed by atoms with Gasteiger partial charge in [0.1, 0.15) is 17.5 Å². The Kier molecular flexibility index (Phi) is 7.36. The van der Waals surface area contributed by atoms with Gasteiger partial charge >= 0.3 is 5.97 Å². The molecule has 3 rings (SSSR count). The van der Waals surface area contributed by atoms with E-state index in [0.29, 0.717) is 16.3 Å². The largest absolute Gasteiger partial charge is 0.452 e. The number of thiophene rings is 1. The minimum Gasteiger partial charge on any atom is -0.452 e. The van der Waals surface area contributed by atoms with Crippen molar-refractivity contribution in [2.45, 2.75) is 38.5 Å². The zero-order chi connectivity index (χ0) is 22.2. The Hall–Kier alpha value is -3.69. The van der Waals surface area contributed by atoms with E-state index in [1.807, 2.05) is 0 Å². The number of anilines is 2. The van der Waals surface area contributed by atoms with Crippen LogP contribution in [0.25, 0.3) is 0 Å². The van der Waals surface area contributed by atoms with Gasteiger partial charge in [0.25, 0.3) is 5.91 Å². The maximum atomic E-state index is 12.3. The SMILES string of the molecule is N#CCC(=O)Nc1ccc(C(=O)OCC(=O)Nc2sc3c(c2C#N)CCCCC3)cc1. The Bertz CT molecular complexity index is 1080.